The summed E-state index contributed by atoms with van der Waals surface area (Å²) in [5, 5.41) is 18.9. The van der Waals surface area contributed by atoms with E-state index in [-0.39, 0.29) is 29.3 Å². The molecule has 1 aromatic heterocycles. The van der Waals surface area contributed by atoms with Crippen molar-refractivity contribution in [3.8, 4) is 17.3 Å². The van der Waals surface area contributed by atoms with Crippen molar-refractivity contribution in [2.75, 3.05) is 0 Å². The molecular weight excluding hydrogens is 498 g/mol. The number of hydrogen-bond acceptors (Lipinski definition) is 7. The summed E-state index contributed by atoms with van der Waals surface area (Å²) < 4.78 is 36.3. The molecule has 37 heavy (non-hydrogen) atoms. The number of non-ortho nitro benzene ring substituents is 1. The normalized spacial score (nSPS) is 13.6. The molecule has 0 radical (unpaired) electrons. The van der Waals surface area contributed by atoms with E-state index in [1.54, 1.807) is 20.8 Å². The van der Waals surface area contributed by atoms with Crippen LogP contribution >= 0.6 is 0 Å². The van der Waals surface area contributed by atoms with Gasteiger partial charge in [0.2, 0.25) is 15.9 Å². The number of carbonyl (C=O) groups is 1. The number of ether oxygens (including phenoxy) is 1. The summed E-state index contributed by atoms with van der Waals surface area (Å²) in [6.45, 7) is 8.74. The van der Waals surface area contributed by atoms with Crippen molar-refractivity contribution in [2.24, 2.45) is 0 Å². The third-order valence-corrected chi connectivity index (χ3v) is 7.49. The maximum absolute atomic E-state index is 13.1. The lowest BCUT2D eigenvalue weighted by atomic mass is 10.1. The maximum Gasteiger partial charge on any atom is 0.272 e. The van der Waals surface area contributed by atoms with Gasteiger partial charge < -0.3 is 10.1 Å². The number of amides is 1. The van der Waals surface area contributed by atoms with E-state index in [1.165, 1.54) is 16.8 Å². The monoisotopic (exact) mass is 527 g/mol. The highest BCUT2D eigenvalue weighted by Crippen LogP contribution is 2.36. The van der Waals surface area contributed by atoms with Gasteiger partial charge in [0.15, 0.2) is 5.69 Å². The van der Waals surface area contributed by atoms with Crippen molar-refractivity contribution >= 4 is 21.6 Å². The molecule has 3 aromatic rings. The summed E-state index contributed by atoms with van der Waals surface area (Å²) in [6, 6.07) is 8.72. The van der Waals surface area contributed by atoms with Crippen molar-refractivity contribution in [3.05, 3.63) is 68.9 Å². The molecule has 11 nitrogen and oxygen atoms in total. The molecule has 0 aliphatic heterocycles. The molecule has 0 atom stereocenters. The zero-order chi connectivity index (χ0) is 27.1. The van der Waals surface area contributed by atoms with E-state index in [0.29, 0.717) is 11.3 Å². The topological polar surface area (TPSA) is 145 Å². The second kappa shape index (κ2) is 9.94. The Balaban J connectivity index is 1.89. The molecule has 1 amide bonds. The molecule has 0 saturated heterocycles. The van der Waals surface area contributed by atoms with Gasteiger partial charge in [-0.05, 0) is 70.7 Å². The van der Waals surface area contributed by atoms with Crippen LogP contribution in [-0.4, -0.2) is 41.1 Å². The van der Waals surface area contributed by atoms with Gasteiger partial charge in [0.25, 0.3) is 11.6 Å². The first-order chi connectivity index (χ1) is 17.4. The van der Waals surface area contributed by atoms with Crippen LogP contribution in [0.5, 0.6) is 11.6 Å². The predicted molar refractivity (Wildman–Crippen MR) is 137 cm³/mol. The largest absolute Gasteiger partial charge is 0.437 e. The highest BCUT2D eigenvalue weighted by Gasteiger charge is 2.30. The Morgan fingerprint density at radius 2 is 1.86 bits per heavy atom. The number of nitro benzene ring substituents is 1. The van der Waals surface area contributed by atoms with Crippen LogP contribution in [0.15, 0.2) is 41.3 Å². The molecule has 1 fully saturated rings. The standard InChI is InChI=1S/C25H29N5O6S/c1-14(2)28-37(34,35)22-13-19(30(32)33)10-11-21(22)36-25-17(5)23(24(31)26-18-8-9-18)27-29(25)20-12-15(3)6-7-16(20)4/h6-7,10-14,18,28H,8-9H2,1-5H3,(H,26,31). The lowest BCUT2D eigenvalue weighted by Gasteiger charge is -2.16. The number of nitrogens with one attached hydrogen (secondary N) is 2. The summed E-state index contributed by atoms with van der Waals surface area (Å²) in [4.78, 5) is 23.3. The van der Waals surface area contributed by atoms with Gasteiger partial charge in [-0.3, -0.25) is 14.9 Å². The van der Waals surface area contributed by atoms with Crippen LogP contribution in [0.2, 0.25) is 0 Å². The van der Waals surface area contributed by atoms with Gasteiger partial charge >= 0.3 is 0 Å². The minimum atomic E-state index is -4.18. The molecule has 1 heterocycles. The number of nitro groups is 1. The summed E-state index contributed by atoms with van der Waals surface area (Å²) in [7, 11) is -4.18. The van der Waals surface area contributed by atoms with Crippen LogP contribution in [0, 0.1) is 30.9 Å². The van der Waals surface area contributed by atoms with Crippen LogP contribution in [0.1, 0.15) is 53.9 Å². The van der Waals surface area contributed by atoms with Gasteiger partial charge in [0, 0.05) is 29.8 Å². The fourth-order valence-corrected chi connectivity index (χ4v) is 5.19. The highest BCUT2D eigenvalue weighted by molar-refractivity contribution is 7.89. The van der Waals surface area contributed by atoms with E-state index in [0.717, 1.165) is 30.0 Å². The molecule has 2 aromatic carbocycles. The molecule has 0 bridgehead atoms. The van der Waals surface area contributed by atoms with Gasteiger partial charge in [-0.25, -0.2) is 13.1 Å². The Hall–Kier alpha value is -3.77. The second-order valence-corrected chi connectivity index (χ2v) is 11.2. The molecular formula is C25H29N5O6S. The summed E-state index contributed by atoms with van der Waals surface area (Å²) in [5.41, 5.74) is 2.59. The summed E-state index contributed by atoms with van der Waals surface area (Å²) in [6.07, 6.45) is 1.80. The second-order valence-electron chi connectivity index (χ2n) is 9.49. The van der Waals surface area contributed by atoms with Crippen LogP contribution in [0.25, 0.3) is 5.69 Å². The van der Waals surface area contributed by atoms with E-state index in [4.69, 9.17) is 4.74 Å². The van der Waals surface area contributed by atoms with Crippen molar-refractivity contribution in [2.45, 2.75) is 64.4 Å². The molecule has 4 rings (SSSR count). The van der Waals surface area contributed by atoms with E-state index in [2.05, 4.69) is 15.1 Å². The lowest BCUT2D eigenvalue weighted by Crippen LogP contribution is -2.30. The molecule has 2 N–H and O–H groups in total. The third-order valence-electron chi connectivity index (χ3n) is 5.81. The van der Waals surface area contributed by atoms with E-state index in [1.807, 2.05) is 32.0 Å². The fourth-order valence-electron chi connectivity index (χ4n) is 3.79. The average Bonchev–Trinajstić information content (AvgIpc) is 3.57. The fraction of sp³-hybridized carbons (Fsp3) is 0.360. The van der Waals surface area contributed by atoms with Crippen molar-refractivity contribution in [3.63, 3.8) is 0 Å². The minimum absolute atomic E-state index is 0.107. The SMILES string of the molecule is Cc1ccc(C)c(-n2nc(C(=O)NC3CC3)c(C)c2Oc2ccc([N+](=O)[O-])cc2S(=O)(=O)NC(C)C)c1. The van der Waals surface area contributed by atoms with Crippen LogP contribution < -0.4 is 14.8 Å². The average molecular weight is 528 g/mol. The zero-order valence-corrected chi connectivity index (χ0v) is 22.0. The summed E-state index contributed by atoms with van der Waals surface area (Å²) in [5.74, 6) is -0.362. The quantitative estimate of drug-likeness (QED) is 0.315. The number of carbonyl (C=O) groups excluding carboxylic acids is 1. The van der Waals surface area contributed by atoms with E-state index < -0.39 is 31.6 Å². The van der Waals surface area contributed by atoms with Gasteiger partial charge in [0.05, 0.1) is 10.6 Å². The first-order valence-corrected chi connectivity index (χ1v) is 13.3. The Morgan fingerprint density at radius 1 is 1.16 bits per heavy atom. The first-order valence-electron chi connectivity index (χ1n) is 11.8. The lowest BCUT2D eigenvalue weighted by molar-refractivity contribution is -0.385. The number of aryl methyl sites for hydroxylation is 2. The maximum atomic E-state index is 13.1. The van der Waals surface area contributed by atoms with Gasteiger partial charge in [0.1, 0.15) is 10.6 Å². The van der Waals surface area contributed by atoms with E-state index in [9.17, 15) is 23.3 Å². The number of aromatic nitrogens is 2. The van der Waals surface area contributed by atoms with Gasteiger partial charge in [-0.1, -0.05) is 12.1 Å². The molecule has 0 spiro atoms. The molecule has 0 unspecified atom stereocenters. The molecule has 1 saturated carbocycles. The summed E-state index contributed by atoms with van der Waals surface area (Å²) >= 11 is 0. The van der Waals surface area contributed by atoms with Crippen LogP contribution in [-0.2, 0) is 10.0 Å². The van der Waals surface area contributed by atoms with E-state index >= 15 is 0 Å². The van der Waals surface area contributed by atoms with Crippen molar-refractivity contribution in [1.82, 2.24) is 19.8 Å². The number of nitrogens with zero attached hydrogens (tertiary/aromatic N) is 3. The van der Waals surface area contributed by atoms with Gasteiger partial charge in [-0.2, -0.15) is 9.78 Å². The zero-order valence-electron chi connectivity index (χ0n) is 21.2. The van der Waals surface area contributed by atoms with Crippen LogP contribution in [0.4, 0.5) is 5.69 Å². The molecule has 196 valence electrons. The smallest absolute Gasteiger partial charge is 0.272 e. The first kappa shape index (κ1) is 26.3. The van der Waals surface area contributed by atoms with Gasteiger partial charge in [-0.15, -0.1) is 0 Å². The number of hydrogen-bond donors (Lipinski definition) is 2. The van der Waals surface area contributed by atoms with Crippen molar-refractivity contribution < 1.29 is 22.9 Å². The highest BCUT2D eigenvalue weighted by atomic mass is 32.2. The van der Waals surface area contributed by atoms with Crippen molar-refractivity contribution in [1.29, 1.82) is 0 Å². The number of benzene rings is 2. The Morgan fingerprint density at radius 3 is 2.49 bits per heavy atom. The van der Waals surface area contributed by atoms with Crippen LogP contribution in [0.3, 0.4) is 0 Å². The number of sulfonamides is 1. The molecule has 1 aliphatic carbocycles. The Labute approximate surface area is 215 Å². The minimum Gasteiger partial charge on any atom is -0.437 e. The Kier molecular flexibility index (Phi) is 7.07. The number of rotatable bonds is 9. The third kappa shape index (κ3) is 5.65. The molecule has 12 heteroatoms. The Bertz CT molecular complexity index is 1490. The molecule has 1 aliphatic rings. The predicted octanol–water partition coefficient (Wildman–Crippen LogP) is 4.08.